The van der Waals surface area contributed by atoms with Gasteiger partial charge in [-0.3, -0.25) is 4.79 Å². The number of aryl methyl sites for hydroxylation is 2. The second-order valence-corrected chi connectivity index (χ2v) is 5.85. The van der Waals surface area contributed by atoms with E-state index in [2.05, 4.69) is 16.4 Å². The molecule has 3 N–H and O–H groups in total. The molecule has 1 aromatic carbocycles. The monoisotopic (exact) mass is 286 g/mol. The summed E-state index contributed by atoms with van der Waals surface area (Å²) in [4.78, 5) is 26.5. The van der Waals surface area contributed by atoms with Gasteiger partial charge < -0.3 is 15.4 Å². The summed E-state index contributed by atoms with van der Waals surface area (Å²) in [6, 6.07) is 5.04. The highest BCUT2D eigenvalue weighted by Gasteiger charge is 2.37. The molecule has 0 saturated heterocycles. The lowest BCUT2D eigenvalue weighted by atomic mass is 10.1. The third-order valence-corrected chi connectivity index (χ3v) is 3.98. The van der Waals surface area contributed by atoms with Crippen molar-refractivity contribution in [2.45, 2.75) is 32.7 Å². The summed E-state index contributed by atoms with van der Waals surface area (Å²) >= 11 is 0. The molecule has 3 rings (SSSR count). The summed E-state index contributed by atoms with van der Waals surface area (Å²) in [6.07, 6.45) is 1.73. The van der Waals surface area contributed by atoms with Crippen LogP contribution in [0.3, 0.4) is 0 Å². The van der Waals surface area contributed by atoms with Crippen LogP contribution in [0.5, 0.6) is 0 Å². The maximum Gasteiger partial charge on any atom is 0.326 e. The lowest BCUT2D eigenvalue weighted by Gasteiger charge is -2.12. The number of hydrogen-bond donors (Lipinski definition) is 3. The molecule has 1 unspecified atom stereocenters. The van der Waals surface area contributed by atoms with E-state index in [1.54, 1.807) is 6.07 Å². The first kappa shape index (κ1) is 13.7. The number of carboxylic acids is 1. The molecule has 0 aliphatic heterocycles. The molecule has 1 heterocycles. The Kier molecular flexibility index (Phi) is 3.20. The van der Waals surface area contributed by atoms with Crippen molar-refractivity contribution in [1.82, 2.24) is 10.3 Å². The smallest absolute Gasteiger partial charge is 0.326 e. The average molecular weight is 286 g/mol. The van der Waals surface area contributed by atoms with Gasteiger partial charge in [0, 0.05) is 10.9 Å². The summed E-state index contributed by atoms with van der Waals surface area (Å²) in [5, 5.41) is 12.8. The largest absolute Gasteiger partial charge is 0.480 e. The van der Waals surface area contributed by atoms with E-state index in [4.69, 9.17) is 0 Å². The van der Waals surface area contributed by atoms with Crippen LogP contribution in [-0.4, -0.2) is 28.0 Å². The van der Waals surface area contributed by atoms with Crippen LogP contribution in [0.4, 0.5) is 0 Å². The zero-order chi connectivity index (χ0) is 15.1. The first-order valence-corrected chi connectivity index (χ1v) is 7.09. The van der Waals surface area contributed by atoms with E-state index in [9.17, 15) is 14.7 Å². The number of carboxylic acid groups (broad SMARTS) is 1. The quantitative estimate of drug-likeness (QED) is 0.807. The zero-order valence-electron chi connectivity index (χ0n) is 12.1. The molecule has 110 valence electrons. The van der Waals surface area contributed by atoms with Crippen molar-refractivity contribution in [2.24, 2.45) is 5.92 Å². The highest BCUT2D eigenvalue weighted by Crippen LogP contribution is 2.33. The first-order valence-electron chi connectivity index (χ1n) is 7.09. The highest BCUT2D eigenvalue weighted by atomic mass is 16.4. The molecule has 1 fully saturated rings. The number of hydrogen-bond acceptors (Lipinski definition) is 2. The fourth-order valence-corrected chi connectivity index (χ4v) is 2.75. The van der Waals surface area contributed by atoms with Gasteiger partial charge in [0.2, 0.25) is 0 Å². The van der Waals surface area contributed by atoms with Crippen LogP contribution in [0.15, 0.2) is 18.2 Å². The fraction of sp³-hybridized carbons (Fsp3) is 0.375. The fourth-order valence-electron chi connectivity index (χ4n) is 2.75. The number of carbonyl (C=O) groups excluding carboxylic acids is 1. The summed E-state index contributed by atoms with van der Waals surface area (Å²) in [6.45, 7) is 4.00. The van der Waals surface area contributed by atoms with E-state index in [-0.39, 0.29) is 11.8 Å². The number of H-pyrrole nitrogens is 1. The molecule has 0 spiro atoms. The Balaban J connectivity index is 1.87. The maximum absolute atomic E-state index is 12.3. The molecule has 1 amide bonds. The molecule has 5 heteroatoms. The number of fused-ring (bicyclic) bond motifs is 1. The van der Waals surface area contributed by atoms with Crippen LogP contribution >= 0.6 is 0 Å². The number of rotatable bonds is 4. The minimum atomic E-state index is -0.964. The topological polar surface area (TPSA) is 82.2 Å². The van der Waals surface area contributed by atoms with Gasteiger partial charge in [-0.05, 0) is 55.9 Å². The van der Waals surface area contributed by atoms with Crippen molar-refractivity contribution in [3.63, 3.8) is 0 Å². The predicted molar refractivity (Wildman–Crippen MR) is 79.4 cm³/mol. The molecule has 2 aromatic rings. The second-order valence-electron chi connectivity index (χ2n) is 5.85. The van der Waals surface area contributed by atoms with Crippen molar-refractivity contribution < 1.29 is 14.7 Å². The lowest BCUT2D eigenvalue weighted by Crippen LogP contribution is -2.42. The molecule has 1 aliphatic carbocycles. The second kappa shape index (κ2) is 4.91. The molecule has 1 aromatic heterocycles. The van der Waals surface area contributed by atoms with Crippen LogP contribution < -0.4 is 5.32 Å². The van der Waals surface area contributed by atoms with Gasteiger partial charge in [0.05, 0.1) is 0 Å². The molecular formula is C16H18N2O3. The Hall–Kier alpha value is -2.30. The molecule has 1 aliphatic rings. The van der Waals surface area contributed by atoms with Crippen molar-refractivity contribution in [3.05, 3.63) is 35.0 Å². The Morgan fingerprint density at radius 3 is 2.62 bits per heavy atom. The van der Waals surface area contributed by atoms with E-state index < -0.39 is 12.0 Å². The normalized spacial score (nSPS) is 15.9. The van der Waals surface area contributed by atoms with Gasteiger partial charge in [0.25, 0.3) is 5.91 Å². The average Bonchev–Trinajstić information content (AvgIpc) is 3.14. The SMILES string of the molecule is Cc1cc(C)c2cc(C(=O)NC(C(=O)O)C3CC3)[nH]c2c1. The highest BCUT2D eigenvalue weighted by molar-refractivity contribution is 6.00. The Bertz CT molecular complexity index is 728. The molecule has 1 saturated carbocycles. The molecule has 0 radical (unpaired) electrons. The van der Waals surface area contributed by atoms with Crippen molar-refractivity contribution in [1.29, 1.82) is 0 Å². The predicted octanol–water partition coefficient (Wildman–Crippen LogP) is 2.38. The van der Waals surface area contributed by atoms with Crippen LogP contribution in [-0.2, 0) is 4.79 Å². The third kappa shape index (κ3) is 2.63. The van der Waals surface area contributed by atoms with E-state index in [0.29, 0.717) is 5.69 Å². The van der Waals surface area contributed by atoms with E-state index in [1.807, 2.05) is 19.9 Å². The number of aliphatic carboxylic acids is 1. The van der Waals surface area contributed by atoms with Crippen LogP contribution in [0.2, 0.25) is 0 Å². The van der Waals surface area contributed by atoms with E-state index >= 15 is 0 Å². The maximum atomic E-state index is 12.3. The third-order valence-electron chi connectivity index (χ3n) is 3.98. The minimum Gasteiger partial charge on any atom is -0.480 e. The van der Waals surface area contributed by atoms with Gasteiger partial charge in [-0.15, -0.1) is 0 Å². The Morgan fingerprint density at radius 2 is 2.00 bits per heavy atom. The molecule has 0 bridgehead atoms. The molecule has 21 heavy (non-hydrogen) atoms. The van der Waals surface area contributed by atoms with Gasteiger partial charge in [-0.1, -0.05) is 6.07 Å². The molecule has 5 nitrogen and oxygen atoms in total. The summed E-state index contributed by atoms with van der Waals surface area (Å²) in [7, 11) is 0. The van der Waals surface area contributed by atoms with Crippen LogP contribution in [0.25, 0.3) is 10.9 Å². The van der Waals surface area contributed by atoms with Crippen LogP contribution in [0.1, 0.15) is 34.5 Å². The summed E-state index contributed by atoms with van der Waals surface area (Å²) < 4.78 is 0. The van der Waals surface area contributed by atoms with Crippen molar-refractivity contribution in [3.8, 4) is 0 Å². The Labute approximate surface area is 122 Å². The number of benzene rings is 1. The zero-order valence-corrected chi connectivity index (χ0v) is 12.1. The van der Waals surface area contributed by atoms with Gasteiger partial charge in [-0.25, -0.2) is 4.79 Å². The van der Waals surface area contributed by atoms with Gasteiger partial charge in [0.1, 0.15) is 11.7 Å². The lowest BCUT2D eigenvalue weighted by molar-refractivity contribution is -0.139. The van der Waals surface area contributed by atoms with E-state index in [0.717, 1.165) is 34.9 Å². The number of aromatic amines is 1. The number of aromatic nitrogens is 1. The number of amides is 1. The summed E-state index contributed by atoms with van der Waals surface area (Å²) in [5.74, 6) is -1.25. The number of carbonyl (C=O) groups is 2. The first-order chi connectivity index (χ1) is 9.95. The van der Waals surface area contributed by atoms with Crippen molar-refractivity contribution >= 4 is 22.8 Å². The van der Waals surface area contributed by atoms with Gasteiger partial charge in [0.15, 0.2) is 0 Å². The Morgan fingerprint density at radius 1 is 1.29 bits per heavy atom. The minimum absolute atomic E-state index is 0.0693. The van der Waals surface area contributed by atoms with Gasteiger partial charge in [-0.2, -0.15) is 0 Å². The molecule has 1 atom stereocenters. The standard InChI is InChI=1S/C16H18N2O3/c1-8-5-9(2)11-7-13(17-12(11)6-8)15(19)18-14(16(20)21)10-3-4-10/h5-7,10,14,17H,3-4H2,1-2H3,(H,18,19)(H,20,21). The van der Waals surface area contributed by atoms with Crippen molar-refractivity contribution in [2.75, 3.05) is 0 Å². The summed E-state index contributed by atoms with van der Waals surface area (Å²) in [5.41, 5.74) is 3.52. The number of nitrogens with one attached hydrogen (secondary N) is 2. The van der Waals surface area contributed by atoms with E-state index in [1.165, 1.54) is 0 Å². The van der Waals surface area contributed by atoms with Gasteiger partial charge >= 0.3 is 5.97 Å². The van der Waals surface area contributed by atoms with Crippen LogP contribution in [0, 0.1) is 19.8 Å². The molecular weight excluding hydrogens is 268 g/mol.